The largest absolute Gasteiger partial charge is 0.377 e. The molecule has 0 radical (unpaired) electrons. The maximum atomic E-state index is 5.80. The van der Waals surface area contributed by atoms with Crippen molar-refractivity contribution in [2.45, 2.75) is 82.8 Å². The summed E-state index contributed by atoms with van der Waals surface area (Å²) in [5.41, 5.74) is 0.777. The maximum Gasteiger partial charge on any atom is 0.0699 e. The number of ether oxygens (including phenoxy) is 1. The van der Waals surface area contributed by atoms with Gasteiger partial charge in [-0.05, 0) is 63.2 Å². The molecule has 1 atom stereocenters. The van der Waals surface area contributed by atoms with E-state index in [0.29, 0.717) is 6.10 Å². The molecule has 2 aliphatic carbocycles. The summed E-state index contributed by atoms with van der Waals surface area (Å²) >= 11 is 0. The van der Waals surface area contributed by atoms with Gasteiger partial charge in [0, 0.05) is 19.2 Å². The van der Waals surface area contributed by atoms with Crippen LogP contribution < -0.4 is 5.32 Å². The van der Waals surface area contributed by atoms with E-state index in [-0.39, 0.29) is 0 Å². The second-order valence-electron chi connectivity index (χ2n) is 6.88. The van der Waals surface area contributed by atoms with Crippen LogP contribution in [0, 0.1) is 5.41 Å². The summed E-state index contributed by atoms with van der Waals surface area (Å²) in [6.07, 6.45) is 16.2. The van der Waals surface area contributed by atoms with Crippen LogP contribution in [0.15, 0.2) is 0 Å². The summed E-state index contributed by atoms with van der Waals surface area (Å²) in [4.78, 5) is 0. The van der Waals surface area contributed by atoms with Crippen molar-refractivity contribution in [1.82, 2.24) is 5.32 Å². The molecule has 1 spiro atoms. The SMILES string of the molecule is C1CCC(CNC2CCC3(CCCC3)CC2)OC1. The van der Waals surface area contributed by atoms with Gasteiger partial charge in [0.25, 0.3) is 0 Å². The van der Waals surface area contributed by atoms with Crippen molar-refractivity contribution in [2.75, 3.05) is 13.2 Å². The van der Waals surface area contributed by atoms with Crippen LogP contribution in [-0.2, 0) is 4.74 Å². The lowest BCUT2D eigenvalue weighted by atomic mass is 9.71. The molecular formula is C16H29NO. The van der Waals surface area contributed by atoms with Crippen LogP contribution in [0.1, 0.15) is 70.6 Å². The van der Waals surface area contributed by atoms with Crippen LogP contribution in [-0.4, -0.2) is 25.3 Å². The molecular weight excluding hydrogens is 222 g/mol. The number of hydrogen-bond acceptors (Lipinski definition) is 2. The second kappa shape index (κ2) is 5.92. The summed E-state index contributed by atoms with van der Waals surface area (Å²) in [5, 5.41) is 3.77. The van der Waals surface area contributed by atoms with Crippen LogP contribution in [0.5, 0.6) is 0 Å². The van der Waals surface area contributed by atoms with Crippen LogP contribution in [0.3, 0.4) is 0 Å². The van der Waals surface area contributed by atoms with Crippen molar-refractivity contribution < 1.29 is 4.74 Å². The molecule has 3 aliphatic rings. The lowest BCUT2D eigenvalue weighted by Gasteiger charge is -2.38. The smallest absolute Gasteiger partial charge is 0.0699 e. The molecule has 3 fully saturated rings. The molecule has 1 N–H and O–H groups in total. The van der Waals surface area contributed by atoms with E-state index >= 15 is 0 Å². The topological polar surface area (TPSA) is 21.3 Å². The molecule has 2 nitrogen and oxygen atoms in total. The summed E-state index contributed by atoms with van der Waals surface area (Å²) in [5.74, 6) is 0. The Morgan fingerprint density at radius 2 is 1.67 bits per heavy atom. The number of hydrogen-bond donors (Lipinski definition) is 1. The van der Waals surface area contributed by atoms with Crippen molar-refractivity contribution in [3.8, 4) is 0 Å². The standard InChI is InChI=1S/C16H29NO/c1-4-12-18-15(5-1)13-17-14-6-10-16(11-7-14)8-2-3-9-16/h14-15,17H,1-13H2. The first kappa shape index (κ1) is 12.9. The van der Waals surface area contributed by atoms with Crippen LogP contribution in [0.2, 0.25) is 0 Å². The van der Waals surface area contributed by atoms with Gasteiger partial charge in [-0.3, -0.25) is 0 Å². The van der Waals surface area contributed by atoms with Crippen molar-refractivity contribution in [1.29, 1.82) is 0 Å². The molecule has 1 saturated heterocycles. The van der Waals surface area contributed by atoms with E-state index in [9.17, 15) is 0 Å². The Bertz CT molecular complexity index is 244. The van der Waals surface area contributed by atoms with Gasteiger partial charge in [0.1, 0.15) is 0 Å². The predicted molar refractivity (Wildman–Crippen MR) is 74.8 cm³/mol. The average molecular weight is 251 g/mol. The molecule has 2 heteroatoms. The van der Waals surface area contributed by atoms with Gasteiger partial charge < -0.3 is 10.1 Å². The third-order valence-electron chi connectivity index (χ3n) is 5.62. The molecule has 1 aliphatic heterocycles. The molecule has 0 aromatic heterocycles. The summed E-state index contributed by atoms with van der Waals surface area (Å²) < 4.78 is 5.80. The first-order valence-electron chi connectivity index (χ1n) is 8.21. The van der Waals surface area contributed by atoms with Crippen LogP contribution in [0.4, 0.5) is 0 Å². The molecule has 0 aromatic rings. The first-order valence-corrected chi connectivity index (χ1v) is 8.21. The first-order chi connectivity index (χ1) is 8.86. The summed E-state index contributed by atoms with van der Waals surface area (Å²) in [7, 11) is 0. The Labute approximate surface area is 112 Å². The molecule has 18 heavy (non-hydrogen) atoms. The van der Waals surface area contributed by atoms with Gasteiger partial charge in [-0.2, -0.15) is 0 Å². The number of nitrogens with one attached hydrogen (secondary N) is 1. The zero-order chi connectivity index (χ0) is 12.3. The molecule has 2 saturated carbocycles. The van der Waals surface area contributed by atoms with Gasteiger partial charge in [0.15, 0.2) is 0 Å². The molecule has 0 aromatic carbocycles. The highest BCUT2D eigenvalue weighted by Gasteiger charge is 2.37. The Morgan fingerprint density at radius 3 is 2.33 bits per heavy atom. The minimum Gasteiger partial charge on any atom is -0.377 e. The third-order valence-corrected chi connectivity index (χ3v) is 5.62. The summed E-state index contributed by atoms with van der Waals surface area (Å²) in [6.45, 7) is 2.08. The van der Waals surface area contributed by atoms with E-state index in [1.807, 2.05) is 0 Å². The van der Waals surface area contributed by atoms with Crippen molar-refractivity contribution in [3.05, 3.63) is 0 Å². The van der Waals surface area contributed by atoms with E-state index in [1.54, 1.807) is 0 Å². The zero-order valence-corrected chi connectivity index (χ0v) is 11.8. The minimum absolute atomic E-state index is 0.501. The highest BCUT2D eigenvalue weighted by Crippen LogP contribution is 2.48. The van der Waals surface area contributed by atoms with Gasteiger partial charge in [-0.15, -0.1) is 0 Å². The maximum absolute atomic E-state index is 5.80. The average Bonchev–Trinajstić information content (AvgIpc) is 2.88. The van der Waals surface area contributed by atoms with Crippen molar-refractivity contribution in [3.63, 3.8) is 0 Å². The molecule has 1 unspecified atom stereocenters. The molecule has 3 rings (SSSR count). The van der Waals surface area contributed by atoms with E-state index in [1.165, 1.54) is 70.6 Å². The van der Waals surface area contributed by atoms with Crippen LogP contribution >= 0.6 is 0 Å². The van der Waals surface area contributed by atoms with Gasteiger partial charge in [-0.1, -0.05) is 12.8 Å². The molecule has 0 bridgehead atoms. The van der Waals surface area contributed by atoms with Crippen molar-refractivity contribution in [2.24, 2.45) is 5.41 Å². The monoisotopic (exact) mass is 251 g/mol. The van der Waals surface area contributed by atoms with Crippen LogP contribution in [0.25, 0.3) is 0 Å². The second-order valence-corrected chi connectivity index (χ2v) is 6.88. The van der Waals surface area contributed by atoms with E-state index in [4.69, 9.17) is 4.74 Å². The number of rotatable bonds is 3. The van der Waals surface area contributed by atoms with E-state index < -0.39 is 0 Å². The Balaban J connectivity index is 1.37. The quantitative estimate of drug-likeness (QED) is 0.826. The molecule has 0 amide bonds. The Hall–Kier alpha value is -0.0800. The fourth-order valence-corrected chi connectivity index (χ4v) is 4.33. The molecule has 1 heterocycles. The summed E-state index contributed by atoms with van der Waals surface area (Å²) in [6, 6.07) is 0.779. The highest BCUT2D eigenvalue weighted by molar-refractivity contribution is 4.91. The Morgan fingerprint density at radius 1 is 0.889 bits per heavy atom. The van der Waals surface area contributed by atoms with Gasteiger partial charge in [-0.25, -0.2) is 0 Å². The highest BCUT2D eigenvalue weighted by atomic mass is 16.5. The minimum atomic E-state index is 0.501. The third kappa shape index (κ3) is 3.08. The normalized spacial score (nSPS) is 33.0. The zero-order valence-electron chi connectivity index (χ0n) is 11.8. The van der Waals surface area contributed by atoms with Crippen molar-refractivity contribution >= 4 is 0 Å². The van der Waals surface area contributed by atoms with Gasteiger partial charge in [0.05, 0.1) is 6.10 Å². The fraction of sp³-hybridized carbons (Fsp3) is 1.00. The van der Waals surface area contributed by atoms with Gasteiger partial charge >= 0.3 is 0 Å². The van der Waals surface area contributed by atoms with Gasteiger partial charge in [0.2, 0.25) is 0 Å². The van der Waals surface area contributed by atoms with E-state index in [2.05, 4.69) is 5.32 Å². The Kier molecular flexibility index (Phi) is 4.25. The molecule has 104 valence electrons. The predicted octanol–water partition coefficient (Wildman–Crippen LogP) is 3.65. The lowest BCUT2D eigenvalue weighted by Crippen LogP contribution is -2.41. The lowest BCUT2D eigenvalue weighted by molar-refractivity contribution is 0.0135. The van der Waals surface area contributed by atoms with E-state index in [0.717, 1.165) is 24.6 Å². The fourth-order valence-electron chi connectivity index (χ4n) is 4.33.